The maximum Gasteiger partial charge on any atom is 0.261 e. The molecule has 1 atom stereocenters. The van der Waals surface area contributed by atoms with Crippen LogP contribution in [-0.4, -0.2) is 39.5 Å². The van der Waals surface area contributed by atoms with Crippen LogP contribution in [0.5, 0.6) is 0 Å². The highest BCUT2D eigenvalue weighted by atomic mass is 32.2. The van der Waals surface area contributed by atoms with Crippen LogP contribution in [0.4, 0.5) is 0 Å². The minimum atomic E-state index is 0.0296. The molecule has 0 fully saturated rings. The fourth-order valence-corrected chi connectivity index (χ4v) is 3.38. The summed E-state index contributed by atoms with van der Waals surface area (Å²) in [7, 11) is 3.91. The van der Waals surface area contributed by atoms with Crippen LogP contribution in [-0.2, 0) is 13.6 Å². The third-order valence-corrected chi connectivity index (χ3v) is 4.64. The van der Waals surface area contributed by atoms with Gasteiger partial charge in [0.25, 0.3) is 5.56 Å². The van der Waals surface area contributed by atoms with Crippen molar-refractivity contribution in [3.63, 3.8) is 0 Å². The van der Waals surface area contributed by atoms with Crippen LogP contribution in [0.3, 0.4) is 0 Å². The molecular formula is C16H23N3OS. The van der Waals surface area contributed by atoms with E-state index in [0.717, 1.165) is 23.5 Å². The van der Waals surface area contributed by atoms with Crippen LogP contribution in [0.15, 0.2) is 29.1 Å². The molecule has 0 aliphatic heterocycles. The van der Waals surface area contributed by atoms with Crippen molar-refractivity contribution in [2.75, 3.05) is 19.1 Å². The van der Waals surface area contributed by atoms with Gasteiger partial charge in [0, 0.05) is 18.8 Å². The molecule has 2 aromatic rings. The SMILES string of the molecule is CCC(CSC)N(C)Cc1nc2ccccc2c(=O)n1C. The van der Waals surface area contributed by atoms with E-state index >= 15 is 0 Å². The normalized spacial score (nSPS) is 13.0. The Balaban J connectivity index is 2.34. The number of hydrogen-bond donors (Lipinski definition) is 0. The standard InChI is InChI=1S/C16H23N3OS/c1-5-12(11-21-4)18(2)10-15-17-14-9-7-6-8-13(14)16(20)19(15)3/h6-9,12H,5,10-11H2,1-4H3. The Labute approximate surface area is 130 Å². The van der Waals surface area contributed by atoms with E-state index in [-0.39, 0.29) is 5.56 Å². The highest BCUT2D eigenvalue weighted by Gasteiger charge is 2.15. The molecular weight excluding hydrogens is 282 g/mol. The zero-order chi connectivity index (χ0) is 15.4. The van der Waals surface area contributed by atoms with Gasteiger partial charge in [-0.05, 0) is 31.9 Å². The third-order valence-electron chi connectivity index (χ3n) is 3.92. The maximum atomic E-state index is 12.4. The van der Waals surface area contributed by atoms with Crippen molar-refractivity contribution >= 4 is 22.7 Å². The zero-order valence-electron chi connectivity index (χ0n) is 13.2. The fraction of sp³-hybridized carbons (Fsp3) is 0.500. The van der Waals surface area contributed by atoms with Gasteiger partial charge in [0.05, 0.1) is 17.4 Å². The van der Waals surface area contributed by atoms with E-state index < -0.39 is 0 Å². The highest BCUT2D eigenvalue weighted by Crippen LogP contribution is 2.13. The number of fused-ring (bicyclic) bond motifs is 1. The summed E-state index contributed by atoms with van der Waals surface area (Å²) in [6, 6.07) is 8.04. The molecule has 4 nitrogen and oxygen atoms in total. The molecule has 0 aliphatic rings. The number of aromatic nitrogens is 2. The summed E-state index contributed by atoms with van der Waals surface area (Å²) in [6.07, 6.45) is 3.22. The highest BCUT2D eigenvalue weighted by molar-refractivity contribution is 7.98. The zero-order valence-corrected chi connectivity index (χ0v) is 14.0. The number of hydrogen-bond acceptors (Lipinski definition) is 4. The van der Waals surface area contributed by atoms with Gasteiger partial charge in [-0.3, -0.25) is 14.3 Å². The first-order valence-electron chi connectivity index (χ1n) is 7.22. The number of benzene rings is 1. The van der Waals surface area contributed by atoms with Crippen LogP contribution in [0.2, 0.25) is 0 Å². The molecule has 0 saturated carbocycles. The van der Waals surface area contributed by atoms with E-state index in [2.05, 4.69) is 30.1 Å². The number of rotatable bonds is 6. The van der Waals surface area contributed by atoms with Gasteiger partial charge < -0.3 is 0 Å². The van der Waals surface area contributed by atoms with E-state index in [0.29, 0.717) is 18.0 Å². The minimum Gasteiger partial charge on any atom is -0.298 e. The van der Waals surface area contributed by atoms with Crippen molar-refractivity contribution < 1.29 is 0 Å². The third kappa shape index (κ3) is 3.47. The number of thioether (sulfide) groups is 1. The quantitative estimate of drug-likeness (QED) is 0.822. The lowest BCUT2D eigenvalue weighted by molar-refractivity contribution is 0.239. The number of para-hydroxylation sites is 1. The van der Waals surface area contributed by atoms with Crippen molar-refractivity contribution in [1.82, 2.24) is 14.5 Å². The van der Waals surface area contributed by atoms with E-state index in [4.69, 9.17) is 0 Å². The molecule has 114 valence electrons. The number of nitrogens with zero attached hydrogens (tertiary/aromatic N) is 3. The largest absolute Gasteiger partial charge is 0.298 e. The second-order valence-corrected chi connectivity index (χ2v) is 6.25. The summed E-state index contributed by atoms with van der Waals surface area (Å²) >= 11 is 1.85. The van der Waals surface area contributed by atoms with Gasteiger partial charge in [-0.2, -0.15) is 11.8 Å². The molecule has 1 heterocycles. The van der Waals surface area contributed by atoms with Crippen LogP contribution < -0.4 is 5.56 Å². The Hall–Kier alpha value is -1.33. The lowest BCUT2D eigenvalue weighted by Gasteiger charge is -2.26. The van der Waals surface area contributed by atoms with Crippen molar-refractivity contribution in [2.24, 2.45) is 7.05 Å². The predicted octanol–water partition coefficient (Wildman–Crippen LogP) is 2.51. The smallest absolute Gasteiger partial charge is 0.261 e. The molecule has 0 spiro atoms. The van der Waals surface area contributed by atoms with Crippen molar-refractivity contribution in [3.05, 3.63) is 40.4 Å². The fourth-order valence-electron chi connectivity index (χ4n) is 2.51. The van der Waals surface area contributed by atoms with Crippen LogP contribution in [0.1, 0.15) is 19.2 Å². The summed E-state index contributed by atoms with van der Waals surface area (Å²) in [4.78, 5) is 19.3. The van der Waals surface area contributed by atoms with Gasteiger partial charge in [0.1, 0.15) is 5.82 Å². The molecule has 0 bridgehead atoms. The van der Waals surface area contributed by atoms with Gasteiger partial charge in [0.15, 0.2) is 0 Å². The topological polar surface area (TPSA) is 38.1 Å². The van der Waals surface area contributed by atoms with Gasteiger partial charge >= 0.3 is 0 Å². The molecule has 0 radical (unpaired) electrons. The van der Waals surface area contributed by atoms with Crippen LogP contribution >= 0.6 is 11.8 Å². The second kappa shape index (κ2) is 7.09. The molecule has 21 heavy (non-hydrogen) atoms. The van der Waals surface area contributed by atoms with Crippen molar-refractivity contribution in [2.45, 2.75) is 25.9 Å². The average Bonchev–Trinajstić information content (AvgIpc) is 2.49. The monoisotopic (exact) mass is 305 g/mol. The minimum absolute atomic E-state index is 0.0296. The van der Waals surface area contributed by atoms with Crippen LogP contribution in [0, 0.1) is 0 Å². The first-order chi connectivity index (χ1) is 10.1. The maximum absolute atomic E-state index is 12.4. The summed E-state index contributed by atoms with van der Waals surface area (Å²) in [5, 5.41) is 0.683. The van der Waals surface area contributed by atoms with Crippen molar-refractivity contribution in [3.8, 4) is 0 Å². The first kappa shape index (κ1) is 16.0. The molecule has 1 aromatic heterocycles. The molecule has 0 amide bonds. The van der Waals surface area contributed by atoms with Crippen molar-refractivity contribution in [1.29, 1.82) is 0 Å². The lowest BCUT2D eigenvalue weighted by atomic mass is 10.2. The lowest BCUT2D eigenvalue weighted by Crippen LogP contribution is -2.35. The Morgan fingerprint density at radius 1 is 1.38 bits per heavy atom. The first-order valence-corrected chi connectivity index (χ1v) is 8.61. The van der Waals surface area contributed by atoms with E-state index in [1.807, 2.05) is 36.0 Å². The summed E-state index contributed by atoms with van der Waals surface area (Å²) < 4.78 is 1.67. The summed E-state index contributed by atoms with van der Waals surface area (Å²) in [5.74, 6) is 1.91. The molecule has 1 aromatic carbocycles. The Bertz CT molecular complexity index is 668. The molecule has 0 N–H and O–H groups in total. The van der Waals surface area contributed by atoms with E-state index in [1.54, 1.807) is 11.6 Å². The summed E-state index contributed by atoms with van der Waals surface area (Å²) in [6.45, 7) is 2.89. The van der Waals surface area contributed by atoms with Gasteiger partial charge in [-0.1, -0.05) is 19.1 Å². The van der Waals surface area contributed by atoms with Gasteiger partial charge in [0.2, 0.25) is 0 Å². The Morgan fingerprint density at radius 2 is 2.10 bits per heavy atom. The van der Waals surface area contributed by atoms with Crippen LogP contribution in [0.25, 0.3) is 10.9 Å². The van der Waals surface area contributed by atoms with Gasteiger partial charge in [-0.15, -0.1) is 0 Å². The Kier molecular flexibility index (Phi) is 5.42. The van der Waals surface area contributed by atoms with E-state index in [9.17, 15) is 4.79 Å². The molecule has 0 saturated heterocycles. The predicted molar refractivity (Wildman–Crippen MR) is 90.9 cm³/mol. The molecule has 1 unspecified atom stereocenters. The molecule has 2 rings (SSSR count). The second-order valence-electron chi connectivity index (χ2n) is 5.34. The van der Waals surface area contributed by atoms with E-state index in [1.165, 1.54) is 0 Å². The average molecular weight is 305 g/mol. The summed E-state index contributed by atoms with van der Waals surface area (Å²) in [5.41, 5.74) is 0.809. The van der Waals surface area contributed by atoms with Gasteiger partial charge in [-0.25, -0.2) is 4.98 Å². The molecule has 5 heteroatoms. The molecule has 0 aliphatic carbocycles. The Morgan fingerprint density at radius 3 is 2.76 bits per heavy atom.